The number of benzene rings is 1. The number of nitrogens with zero attached hydrogens (tertiary/aromatic N) is 2. The number of hydrogen-bond acceptors (Lipinski definition) is 4. The predicted molar refractivity (Wildman–Crippen MR) is 103 cm³/mol. The maximum atomic E-state index is 12.3. The van der Waals surface area contributed by atoms with Gasteiger partial charge in [0.15, 0.2) is 0 Å². The average Bonchev–Trinajstić information content (AvgIpc) is 2.49. The van der Waals surface area contributed by atoms with E-state index in [1.54, 1.807) is 7.11 Å². The summed E-state index contributed by atoms with van der Waals surface area (Å²) in [5.41, 5.74) is 1.96. The van der Waals surface area contributed by atoms with E-state index in [1.165, 1.54) is 5.56 Å². The van der Waals surface area contributed by atoms with E-state index in [0.29, 0.717) is 13.2 Å². The third-order valence-corrected chi connectivity index (χ3v) is 4.93. The summed E-state index contributed by atoms with van der Waals surface area (Å²) in [7, 11) is 1.71. The van der Waals surface area contributed by atoms with Gasteiger partial charge < -0.3 is 14.4 Å². The molecule has 5 nitrogen and oxygen atoms in total. The highest BCUT2D eigenvalue weighted by Gasteiger charge is 2.30. The number of carbonyl (C=O) groups excluding carboxylic acids is 1. The Hall–Kier alpha value is -1.11. The first kappa shape index (κ1) is 20.2. The molecule has 0 aromatic heterocycles. The van der Waals surface area contributed by atoms with E-state index in [1.807, 2.05) is 25.7 Å². The smallest absolute Gasteiger partial charge is 0.410 e. The van der Waals surface area contributed by atoms with E-state index < -0.39 is 5.60 Å². The molecule has 0 N–H and O–H groups in total. The molecule has 0 spiro atoms. The van der Waals surface area contributed by atoms with Crippen LogP contribution in [0.5, 0.6) is 0 Å². The molecule has 0 bridgehead atoms. The molecule has 0 radical (unpaired) electrons. The van der Waals surface area contributed by atoms with Crippen molar-refractivity contribution in [2.75, 3.05) is 26.7 Å². The molecule has 0 saturated carbocycles. The Balaban J connectivity index is 1.95. The molecule has 1 aromatic carbocycles. The number of methoxy groups -OCH3 is 1. The van der Waals surface area contributed by atoms with Crippen LogP contribution in [0.3, 0.4) is 0 Å². The van der Waals surface area contributed by atoms with Crippen molar-refractivity contribution in [1.29, 1.82) is 0 Å². The van der Waals surface area contributed by atoms with Gasteiger partial charge in [0.25, 0.3) is 0 Å². The van der Waals surface area contributed by atoms with Crippen molar-refractivity contribution in [2.24, 2.45) is 0 Å². The highest BCUT2D eigenvalue weighted by Crippen LogP contribution is 2.22. The molecule has 25 heavy (non-hydrogen) atoms. The van der Waals surface area contributed by atoms with Gasteiger partial charge in [-0.05, 0) is 44.9 Å². The fourth-order valence-electron chi connectivity index (χ4n) is 3.02. The Morgan fingerprint density at radius 3 is 2.64 bits per heavy atom. The van der Waals surface area contributed by atoms with Gasteiger partial charge in [0.2, 0.25) is 0 Å². The molecule has 2 rings (SSSR count). The Labute approximate surface area is 159 Å². The zero-order chi connectivity index (χ0) is 18.6. The van der Waals surface area contributed by atoms with Crippen molar-refractivity contribution in [3.63, 3.8) is 0 Å². The van der Waals surface area contributed by atoms with Gasteiger partial charge in [-0.1, -0.05) is 28.1 Å². The van der Waals surface area contributed by atoms with Crippen molar-refractivity contribution in [3.05, 3.63) is 33.8 Å². The second-order valence-corrected chi connectivity index (χ2v) is 8.47. The van der Waals surface area contributed by atoms with Gasteiger partial charge >= 0.3 is 6.09 Å². The van der Waals surface area contributed by atoms with E-state index in [-0.39, 0.29) is 12.1 Å². The molecule has 1 aliphatic rings. The van der Waals surface area contributed by atoms with Crippen LogP contribution in [0.4, 0.5) is 4.79 Å². The molecule has 1 saturated heterocycles. The number of hydrogen-bond donors (Lipinski definition) is 0. The molecule has 1 atom stereocenters. The van der Waals surface area contributed by atoms with Gasteiger partial charge in [-0.15, -0.1) is 0 Å². The van der Waals surface area contributed by atoms with Crippen molar-refractivity contribution < 1.29 is 14.3 Å². The monoisotopic (exact) mass is 412 g/mol. The molecule has 0 aliphatic carbocycles. The summed E-state index contributed by atoms with van der Waals surface area (Å²) in [5.74, 6) is 0. The standard InChI is InChI=1S/C19H29BrN2O3/c1-14-11-21(8-9-22(14)18(23)25-19(2,3)4)12-15-6-7-17(20)16(10-15)13-24-5/h6-7,10,14H,8-9,11-13H2,1-5H3/t14-/m0/s1. The zero-order valence-electron chi connectivity index (χ0n) is 15.8. The Bertz CT molecular complexity index is 601. The first-order valence-corrected chi connectivity index (χ1v) is 9.47. The summed E-state index contributed by atoms with van der Waals surface area (Å²) >= 11 is 3.56. The number of amides is 1. The third-order valence-electron chi connectivity index (χ3n) is 4.16. The maximum absolute atomic E-state index is 12.3. The van der Waals surface area contributed by atoms with Gasteiger partial charge in [0, 0.05) is 43.8 Å². The molecule has 1 heterocycles. The highest BCUT2D eigenvalue weighted by molar-refractivity contribution is 9.10. The predicted octanol–water partition coefficient (Wildman–Crippen LogP) is 4.04. The Morgan fingerprint density at radius 1 is 1.32 bits per heavy atom. The lowest BCUT2D eigenvalue weighted by molar-refractivity contribution is 0.000556. The summed E-state index contributed by atoms with van der Waals surface area (Å²) in [6.07, 6.45) is -0.217. The molecular formula is C19H29BrN2O3. The van der Waals surface area contributed by atoms with Crippen molar-refractivity contribution in [1.82, 2.24) is 9.80 Å². The van der Waals surface area contributed by atoms with Gasteiger partial charge in [0.05, 0.1) is 6.61 Å². The number of halogens is 1. The molecule has 6 heteroatoms. The largest absolute Gasteiger partial charge is 0.444 e. The van der Waals surface area contributed by atoms with Crippen LogP contribution in [0, 0.1) is 0 Å². The average molecular weight is 413 g/mol. The second kappa shape index (κ2) is 8.52. The van der Waals surface area contributed by atoms with Gasteiger partial charge in [-0.3, -0.25) is 4.90 Å². The minimum absolute atomic E-state index is 0.137. The van der Waals surface area contributed by atoms with E-state index in [0.717, 1.165) is 29.7 Å². The topological polar surface area (TPSA) is 42.0 Å². The van der Waals surface area contributed by atoms with Crippen molar-refractivity contribution in [3.8, 4) is 0 Å². The van der Waals surface area contributed by atoms with E-state index in [9.17, 15) is 4.79 Å². The summed E-state index contributed by atoms with van der Waals surface area (Å²) < 4.78 is 11.8. The lowest BCUT2D eigenvalue weighted by Crippen LogP contribution is -2.54. The van der Waals surface area contributed by atoms with E-state index in [4.69, 9.17) is 9.47 Å². The molecular weight excluding hydrogens is 384 g/mol. The molecule has 0 unspecified atom stereocenters. The van der Waals surface area contributed by atoms with Crippen molar-refractivity contribution in [2.45, 2.75) is 52.5 Å². The van der Waals surface area contributed by atoms with Crippen LogP contribution in [0.1, 0.15) is 38.8 Å². The Morgan fingerprint density at radius 2 is 2.04 bits per heavy atom. The first-order valence-electron chi connectivity index (χ1n) is 8.68. The van der Waals surface area contributed by atoms with Crippen LogP contribution in [0.15, 0.2) is 22.7 Å². The fourth-order valence-corrected chi connectivity index (χ4v) is 3.38. The Kier molecular flexibility index (Phi) is 6.88. The number of rotatable bonds is 4. The number of ether oxygens (including phenoxy) is 2. The summed E-state index contributed by atoms with van der Waals surface area (Å²) in [6.45, 7) is 11.6. The van der Waals surface area contributed by atoms with Gasteiger partial charge in [-0.25, -0.2) is 4.79 Å². The minimum Gasteiger partial charge on any atom is -0.444 e. The molecule has 1 fully saturated rings. The minimum atomic E-state index is -0.455. The van der Waals surface area contributed by atoms with Crippen LogP contribution in [-0.4, -0.2) is 54.3 Å². The quantitative estimate of drug-likeness (QED) is 0.748. The summed E-state index contributed by atoms with van der Waals surface area (Å²) in [4.78, 5) is 16.5. The van der Waals surface area contributed by atoms with Crippen molar-refractivity contribution >= 4 is 22.0 Å². The van der Waals surface area contributed by atoms with Crippen LogP contribution < -0.4 is 0 Å². The molecule has 140 valence electrons. The van der Waals surface area contributed by atoms with Crippen LogP contribution in [-0.2, 0) is 22.6 Å². The zero-order valence-corrected chi connectivity index (χ0v) is 17.4. The third kappa shape index (κ3) is 5.97. The maximum Gasteiger partial charge on any atom is 0.410 e. The fraction of sp³-hybridized carbons (Fsp3) is 0.632. The molecule has 1 aliphatic heterocycles. The SMILES string of the molecule is COCc1cc(CN2CCN(C(=O)OC(C)(C)C)[C@@H](C)C2)ccc1Br. The number of carbonyl (C=O) groups is 1. The summed E-state index contributed by atoms with van der Waals surface area (Å²) in [5, 5.41) is 0. The number of piperazine rings is 1. The molecule has 1 aromatic rings. The van der Waals surface area contributed by atoms with Crippen LogP contribution >= 0.6 is 15.9 Å². The lowest BCUT2D eigenvalue weighted by atomic mass is 10.1. The lowest BCUT2D eigenvalue weighted by Gasteiger charge is -2.40. The summed E-state index contributed by atoms with van der Waals surface area (Å²) in [6, 6.07) is 6.52. The van der Waals surface area contributed by atoms with E-state index >= 15 is 0 Å². The first-order chi connectivity index (χ1) is 11.7. The van der Waals surface area contributed by atoms with Gasteiger partial charge in [-0.2, -0.15) is 0 Å². The van der Waals surface area contributed by atoms with Crippen LogP contribution in [0.2, 0.25) is 0 Å². The highest BCUT2D eigenvalue weighted by atomic mass is 79.9. The van der Waals surface area contributed by atoms with Gasteiger partial charge in [0.1, 0.15) is 5.60 Å². The molecule has 1 amide bonds. The normalized spacial score (nSPS) is 19.1. The van der Waals surface area contributed by atoms with E-state index in [2.05, 4.69) is 46.0 Å². The second-order valence-electron chi connectivity index (χ2n) is 7.62. The van der Waals surface area contributed by atoms with Crippen LogP contribution in [0.25, 0.3) is 0 Å².